The van der Waals surface area contributed by atoms with Gasteiger partial charge in [0, 0.05) is 14.9 Å². The second kappa shape index (κ2) is 4.61. The molecule has 0 fully saturated rings. The zero-order valence-electron chi connectivity index (χ0n) is 8.08. The molecule has 0 saturated heterocycles. The summed E-state index contributed by atoms with van der Waals surface area (Å²) in [6.07, 6.45) is 0. The average Bonchev–Trinajstić information content (AvgIpc) is 2.67. The number of nitrogens with two attached hydrogens (primary N) is 1. The summed E-state index contributed by atoms with van der Waals surface area (Å²) in [6.45, 7) is 0. The zero-order chi connectivity index (χ0) is 11.7. The topological polar surface area (TPSA) is 26.0 Å². The van der Waals surface area contributed by atoms with E-state index in [2.05, 4.69) is 15.9 Å². The van der Waals surface area contributed by atoms with Crippen LogP contribution >= 0.6 is 27.3 Å². The summed E-state index contributed by atoms with van der Waals surface area (Å²) < 4.78 is 27.6. The van der Waals surface area contributed by atoms with Crippen LogP contribution in [0.2, 0.25) is 0 Å². The first-order chi connectivity index (χ1) is 7.59. The molecule has 1 aromatic heterocycles. The normalized spacial score (nSPS) is 12.8. The van der Waals surface area contributed by atoms with Crippen LogP contribution in [0.1, 0.15) is 16.5 Å². The first-order valence-corrected chi connectivity index (χ1v) is 6.20. The molecule has 0 radical (unpaired) electrons. The molecule has 1 heterocycles. The van der Waals surface area contributed by atoms with Crippen molar-refractivity contribution in [3.63, 3.8) is 0 Å². The van der Waals surface area contributed by atoms with Gasteiger partial charge >= 0.3 is 0 Å². The van der Waals surface area contributed by atoms with Crippen molar-refractivity contribution in [2.75, 3.05) is 0 Å². The first-order valence-electron chi connectivity index (χ1n) is 4.53. The summed E-state index contributed by atoms with van der Waals surface area (Å²) in [7, 11) is 0. The smallest absolute Gasteiger partial charge is 0.132 e. The van der Waals surface area contributed by atoms with E-state index >= 15 is 0 Å². The molecule has 2 rings (SSSR count). The molecular weight excluding hydrogens is 296 g/mol. The maximum absolute atomic E-state index is 13.6. The molecule has 0 amide bonds. The molecule has 2 aromatic rings. The number of rotatable bonds is 2. The van der Waals surface area contributed by atoms with Crippen LogP contribution in [0.15, 0.2) is 34.1 Å². The van der Waals surface area contributed by atoms with Gasteiger partial charge < -0.3 is 5.73 Å². The fraction of sp³-hybridized carbons (Fsp3) is 0.0909. The molecule has 5 heteroatoms. The van der Waals surface area contributed by atoms with Gasteiger partial charge in [-0.25, -0.2) is 8.78 Å². The second-order valence-corrected chi connectivity index (χ2v) is 5.17. The SMILES string of the molecule is N[C@H](c1cccs1)c1c(F)cc(Br)cc1F. The molecular formula is C11H8BrF2NS. The Morgan fingerprint density at radius 2 is 1.88 bits per heavy atom. The maximum atomic E-state index is 13.6. The van der Waals surface area contributed by atoms with Gasteiger partial charge in [0.1, 0.15) is 11.6 Å². The molecule has 1 aromatic carbocycles. The fourth-order valence-electron chi connectivity index (χ4n) is 1.46. The molecule has 0 aliphatic rings. The summed E-state index contributed by atoms with van der Waals surface area (Å²) in [6, 6.07) is 5.23. The highest BCUT2D eigenvalue weighted by atomic mass is 79.9. The summed E-state index contributed by atoms with van der Waals surface area (Å²) >= 11 is 4.40. The third-order valence-electron chi connectivity index (χ3n) is 2.20. The standard InChI is InChI=1S/C11H8BrF2NS/c12-6-4-7(13)10(8(14)5-6)11(15)9-2-1-3-16-9/h1-5,11H,15H2/t11-/m1/s1. The second-order valence-electron chi connectivity index (χ2n) is 3.28. The van der Waals surface area contributed by atoms with E-state index in [9.17, 15) is 8.78 Å². The summed E-state index contributed by atoms with van der Waals surface area (Å²) in [5.74, 6) is -1.26. The first kappa shape index (κ1) is 11.7. The third-order valence-corrected chi connectivity index (χ3v) is 3.62. The van der Waals surface area contributed by atoms with Gasteiger partial charge in [0.2, 0.25) is 0 Å². The minimum Gasteiger partial charge on any atom is -0.319 e. The van der Waals surface area contributed by atoms with Crippen LogP contribution in [0.4, 0.5) is 8.78 Å². The van der Waals surface area contributed by atoms with Crippen LogP contribution in [-0.4, -0.2) is 0 Å². The Bertz CT molecular complexity index is 476. The number of benzene rings is 1. The molecule has 0 bridgehead atoms. The summed E-state index contributed by atoms with van der Waals surface area (Å²) in [5.41, 5.74) is 5.74. The van der Waals surface area contributed by atoms with Crippen molar-refractivity contribution in [1.82, 2.24) is 0 Å². The van der Waals surface area contributed by atoms with Crippen LogP contribution < -0.4 is 5.73 Å². The highest BCUT2D eigenvalue weighted by Gasteiger charge is 2.19. The Hall–Kier alpha value is -0.780. The van der Waals surface area contributed by atoms with E-state index in [1.54, 1.807) is 12.1 Å². The van der Waals surface area contributed by atoms with Gasteiger partial charge in [-0.15, -0.1) is 11.3 Å². The predicted molar refractivity (Wildman–Crippen MR) is 64.4 cm³/mol. The highest BCUT2D eigenvalue weighted by molar-refractivity contribution is 9.10. The van der Waals surface area contributed by atoms with Crippen LogP contribution in [0.5, 0.6) is 0 Å². The molecule has 0 spiro atoms. The highest BCUT2D eigenvalue weighted by Crippen LogP contribution is 2.29. The minimum absolute atomic E-state index is 0.0920. The summed E-state index contributed by atoms with van der Waals surface area (Å²) in [4.78, 5) is 0.736. The van der Waals surface area contributed by atoms with E-state index in [1.807, 2.05) is 5.38 Å². The molecule has 84 valence electrons. The van der Waals surface area contributed by atoms with Crippen LogP contribution in [0, 0.1) is 11.6 Å². The lowest BCUT2D eigenvalue weighted by Gasteiger charge is -2.12. The summed E-state index contributed by atoms with van der Waals surface area (Å²) in [5, 5.41) is 1.82. The Kier molecular flexibility index (Phi) is 3.37. The minimum atomic E-state index is -0.756. The lowest BCUT2D eigenvalue weighted by Crippen LogP contribution is -2.14. The van der Waals surface area contributed by atoms with Crippen molar-refractivity contribution >= 4 is 27.3 Å². The van der Waals surface area contributed by atoms with E-state index in [4.69, 9.17) is 5.73 Å². The number of thiophene rings is 1. The van der Waals surface area contributed by atoms with Gasteiger partial charge in [0.05, 0.1) is 6.04 Å². The molecule has 0 aliphatic carbocycles. The molecule has 1 atom stereocenters. The number of hydrogen-bond acceptors (Lipinski definition) is 2. The maximum Gasteiger partial charge on any atom is 0.132 e. The van der Waals surface area contributed by atoms with E-state index in [0.29, 0.717) is 4.47 Å². The van der Waals surface area contributed by atoms with Crippen molar-refractivity contribution < 1.29 is 8.78 Å². The van der Waals surface area contributed by atoms with Gasteiger partial charge in [0.15, 0.2) is 0 Å². The van der Waals surface area contributed by atoms with Crippen molar-refractivity contribution in [3.05, 3.63) is 56.2 Å². The van der Waals surface area contributed by atoms with Crippen LogP contribution in [0.25, 0.3) is 0 Å². The predicted octanol–water partition coefficient (Wildman–Crippen LogP) is 3.84. The molecule has 1 nitrogen and oxygen atoms in total. The third kappa shape index (κ3) is 2.16. The van der Waals surface area contributed by atoms with Gasteiger partial charge in [-0.3, -0.25) is 0 Å². The van der Waals surface area contributed by atoms with E-state index < -0.39 is 17.7 Å². The quantitative estimate of drug-likeness (QED) is 0.896. The van der Waals surface area contributed by atoms with E-state index in [-0.39, 0.29) is 5.56 Å². The lowest BCUT2D eigenvalue weighted by molar-refractivity contribution is 0.543. The Morgan fingerprint density at radius 1 is 1.25 bits per heavy atom. The Morgan fingerprint density at radius 3 is 2.38 bits per heavy atom. The van der Waals surface area contributed by atoms with Crippen molar-refractivity contribution in [2.45, 2.75) is 6.04 Å². The molecule has 2 N–H and O–H groups in total. The van der Waals surface area contributed by atoms with Gasteiger partial charge in [-0.1, -0.05) is 22.0 Å². The zero-order valence-corrected chi connectivity index (χ0v) is 10.5. The van der Waals surface area contributed by atoms with Crippen molar-refractivity contribution in [2.24, 2.45) is 5.73 Å². The molecule has 0 saturated carbocycles. The number of halogens is 3. The van der Waals surface area contributed by atoms with E-state index in [1.165, 1.54) is 23.5 Å². The number of hydrogen-bond donors (Lipinski definition) is 1. The van der Waals surface area contributed by atoms with Gasteiger partial charge in [-0.2, -0.15) is 0 Å². The van der Waals surface area contributed by atoms with Crippen molar-refractivity contribution in [3.8, 4) is 0 Å². The molecule has 0 unspecified atom stereocenters. The monoisotopic (exact) mass is 303 g/mol. The van der Waals surface area contributed by atoms with Gasteiger partial charge in [0.25, 0.3) is 0 Å². The fourth-order valence-corrected chi connectivity index (χ4v) is 2.60. The van der Waals surface area contributed by atoms with Crippen LogP contribution in [0.3, 0.4) is 0 Å². The Labute approximate surface area is 104 Å². The van der Waals surface area contributed by atoms with E-state index in [0.717, 1.165) is 4.88 Å². The lowest BCUT2D eigenvalue weighted by atomic mass is 10.1. The Balaban J connectivity index is 2.48. The molecule has 0 aliphatic heterocycles. The average molecular weight is 304 g/mol. The molecule has 16 heavy (non-hydrogen) atoms. The van der Waals surface area contributed by atoms with Gasteiger partial charge in [-0.05, 0) is 23.6 Å². The van der Waals surface area contributed by atoms with Crippen molar-refractivity contribution in [1.29, 1.82) is 0 Å². The largest absolute Gasteiger partial charge is 0.319 e. The van der Waals surface area contributed by atoms with Crippen LogP contribution in [-0.2, 0) is 0 Å².